The van der Waals surface area contributed by atoms with Gasteiger partial charge in [-0.15, -0.1) is 0 Å². The van der Waals surface area contributed by atoms with Crippen molar-refractivity contribution in [1.29, 1.82) is 0 Å². The zero-order valence-corrected chi connectivity index (χ0v) is 9.18. The van der Waals surface area contributed by atoms with Crippen molar-refractivity contribution in [3.05, 3.63) is 35.6 Å². The molecule has 0 saturated heterocycles. The third-order valence-corrected chi connectivity index (χ3v) is 1.96. The van der Waals surface area contributed by atoms with E-state index >= 15 is 0 Å². The van der Waals surface area contributed by atoms with Crippen molar-refractivity contribution < 1.29 is 4.74 Å². The van der Waals surface area contributed by atoms with Gasteiger partial charge in [0.05, 0.1) is 12.9 Å². The second-order valence-electron chi connectivity index (χ2n) is 2.99. The van der Waals surface area contributed by atoms with Crippen LogP contribution in [0.5, 0.6) is 0 Å². The monoisotopic (exact) mass is 180 g/mol. The van der Waals surface area contributed by atoms with Gasteiger partial charge in [-0.3, -0.25) is 0 Å². The Morgan fingerprint density at radius 3 is 2.38 bits per heavy atom. The summed E-state index contributed by atoms with van der Waals surface area (Å²) in [6.45, 7) is 10.3. The summed E-state index contributed by atoms with van der Waals surface area (Å²) in [4.78, 5) is 0. The van der Waals surface area contributed by atoms with Crippen molar-refractivity contribution in [2.24, 2.45) is 0 Å². The van der Waals surface area contributed by atoms with Crippen LogP contribution < -0.4 is 0 Å². The van der Waals surface area contributed by atoms with E-state index < -0.39 is 0 Å². The van der Waals surface area contributed by atoms with Crippen LogP contribution in [0.3, 0.4) is 0 Å². The van der Waals surface area contributed by atoms with E-state index in [2.05, 4.69) is 33.4 Å². The maximum absolute atomic E-state index is 5.17. The van der Waals surface area contributed by atoms with Crippen LogP contribution >= 0.6 is 0 Å². The number of methoxy groups -OCH3 is 1. The molecule has 0 N–H and O–H groups in total. The fourth-order valence-electron chi connectivity index (χ4n) is 1.05. The van der Waals surface area contributed by atoms with Crippen LogP contribution in [0.25, 0.3) is 0 Å². The minimum atomic E-state index is 0.912. The highest BCUT2D eigenvalue weighted by Gasteiger charge is 1.96. The third-order valence-electron chi connectivity index (χ3n) is 1.96. The minimum absolute atomic E-state index is 0.912. The molecule has 0 heterocycles. The van der Waals surface area contributed by atoms with Crippen molar-refractivity contribution in [1.82, 2.24) is 0 Å². The quantitative estimate of drug-likeness (QED) is 0.461. The van der Waals surface area contributed by atoms with Gasteiger partial charge < -0.3 is 4.74 Å². The van der Waals surface area contributed by atoms with Gasteiger partial charge in [0.2, 0.25) is 0 Å². The summed E-state index contributed by atoms with van der Waals surface area (Å²) < 4.78 is 5.17. The molecule has 0 aromatic carbocycles. The molecular weight excluding hydrogens is 160 g/mol. The maximum Gasteiger partial charge on any atom is 0.0958 e. The van der Waals surface area contributed by atoms with E-state index in [4.69, 9.17) is 4.74 Å². The highest BCUT2D eigenvalue weighted by Crippen LogP contribution is 2.13. The van der Waals surface area contributed by atoms with Crippen LogP contribution in [0, 0.1) is 0 Å². The Morgan fingerprint density at radius 2 is 2.00 bits per heavy atom. The molecule has 0 spiro atoms. The molecule has 0 radical (unpaired) electrons. The Morgan fingerprint density at radius 1 is 1.38 bits per heavy atom. The fourth-order valence-corrected chi connectivity index (χ4v) is 1.05. The molecule has 74 valence electrons. The van der Waals surface area contributed by atoms with Crippen molar-refractivity contribution in [3.8, 4) is 0 Å². The number of hydrogen-bond acceptors (Lipinski definition) is 1. The molecule has 0 atom stereocenters. The Hall–Kier alpha value is -0.980. The molecule has 0 unspecified atom stereocenters. The summed E-state index contributed by atoms with van der Waals surface area (Å²) >= 11 is 0. The van der Waals surface area contributed by atoms with Gasteiger partial charge in [0, 0.05) is 6.42 Å². The summed E-state index contributed by atoms with van der Waals surface area (Å²) in [6.07, 6.45) is 6.13. The minimum Gasteiger partial charge on any atom is -0.501 e. The standard InChI is InChI=1S/C12H20O/c1-6-8-10(3)11(4)9-12(7-2)13-5/h8-9H,4,6-7H2,1-3,5H3/b10-8?,12-9-. The van der Waals surface area contributed by atoms with Crippen LogP contribution in [0.1, 0.15) is 33.6 Å². The second kappa shape index (κ2) is 6.53. The number of rotatable bonds is 5. The van der Waals surface area contributed by atoms with E-state index in [-0.39, 0.29) is 0 Å². The van der Waals surface area contributed by atoms with E-state index in [1.165, 1.54) is 5.57 Å². The van der Waals surface area contributed by atoms with Gasteiger partial charge in [-0.25, -0.2) is 0 Å². The Balaban J connectivity index is 4.44. The molecule has 13 heavy (non-hydrogen) atoms. The number of ether oxygens (including phenoxy) is 1. The van der Waals surface area contributed by atoms with Gasteiger partial charge in [-0.1, -0.05) is 26.5 Å². The highest BCUT2D eigenvalue weighted by molar-refractivity contribution is 5.36. The predicted molar refractivity (Wildman–Crippen MR) is 58.6 cm³/mol. The van der Waals surface area contributed by atoms with E-state index in [9.17, 15) is 0 Å². The molecule has 0 amide bonds. The Labute approximate surface area is 81.8 Å². The second-order valence-corrected chi connectivity index (χ2v) is 2.99. The van der Waals surface area contributed by atoms with E-state index in [0.29, 0.717) is 0 Å². The molecule has 0 aromatic rings. The first kappa shape index (κ1) is 12.0. The summed E-state index contributed by atoms with van der Waals surface area (Å²) in [5.41, 5.74) is 2.27. The van der Waals surface area contributed by atoms with Crippen LogP contribution in [-0.2, 0) is 4.74 Å². The Bertz CT molecular complexity index is 215. The number of allylic oxidation sites excluding steroid dienone is 5. The first-order chi connectivity index (χ1) is 6.15. The zero-order valence-electron chi connectivity index (χ0n) is 9.18. The first-order valence-corrected chi connectivity index (χ1v) is 4.76. The normalized spacial score (nSPS) is 12.9. The van der Waals surface area contributed by atoms with Crippen LogP contribution in [0.15, 0.2) is 35.6 Å². The van der Waals surface area contributed by atoms with Crippen molar-refractivity contribution in [2.75, 3.05) is 7.11 Å². The Kier molecular flexibility index (Phi) is 6.03. The summed E-state index contributed by atoms with van der Waals surface area (Å²) in [5, 5.41) is 0. The van der Waals surface area contributed by atoms with Gasteiger partial charge in [-0.05, 0) is 30.6 Å². The van der Waals surface area contributed by atoms with Crippen LogP contribution in [-0.4, -0.2) is 7.11 Å². The van der Waals surface area contributed by atoms with Crippen LogP contribution in [0.4, 0.5) is 0 Å². The molecule has 1 nitrogen and oxygen atoms in total. The predicted octanol–water partition coefficient (Wildman–Crippen LogP) is 3.84. The van der Waals surface area contributed by atoms with Crippen molar-refractivity contribution in [2.45, 2.75) is 33.6 Å². The molecule has 0 aliphatic carbocycles. The van der Waals surface area contributed by atoms with Gasteiger partial charge in [0.15, 0.2) is 0 Å². The lowest BCUT2D eigenvalue weighted by atomic mass is 10.1. The average molecular weight is 180 g/mol. The van der Waals surface area contributed by atoms with E-state index in [1.54, 1.807) is 7.11 Å². The van der Waals surface area contributed by atoms with E-state index in [0.717, 1.165) is 24.2 Å². The highest BCUT2D eigenvalue weighted by atomic mass is 16.5. The smallest absolute Gasteiger partial charge is 0.0958 e. The van der Waals surface area contributed by atoms with Crippen molar-refractivity contribution >= 4 is 0 Å². The summed E-state index contributed by atoms with van der Waals surface area (Å²) in [7, 11) is 1.70. The van der Waals surface area contributed by atoms with Crippen LogP contribution in [0.2, 0.25) is 0 Å². The van der Waals surface area contributed by atoms with Gasteiger partial charge in [-0.2, -0.15) is 0 Å². The molecule has 1 heteroatoms. The maximum atomic E-state index is 5.17. The molecule has 0 rings (SSSR count). The zero-order chi connectivity index (χ0) is 10.3. The first-order valence-electron chi connectivity index (χ1n) is 4.76. The summed E-state index contributed by atoms with van der Waals surface area (Å²) in [6, 6.07) is 0. The third kappa shape index (κ3) is 4.56. The number of hydrogen-bond donors (Lipinski definition) is 0. The lowest BCUT2D eigenvalue weighted by Crippen LogP contribution is -1.87. The van der Waals surface area contributed by atoms with E-state index in [1.807, 2.05) is 6.08 Å². The SMILES string of the molecule is C=C(/C=C(/CC)OC)C(C)=CCC. The largest absolute Gasteiger partial charge is 0.501 e. The topological polar surface area (TPSA) is 9.23 Å². The molecule has 0 bridgehead atoms. The molecule has 0 aromatic heterocycles. The van der Waals surface area contributed by atoms with Crippen molar-refractivity contribution in [3.63, 3.8) is 0 Å². The van der Waals surface area contributed by atoms with Gasteiger partial charge >= 0.3 is 0 Å². The molecule has 0 aliphatic heterocycles. The lowest BCUT2D eigenvalue weighted by molar-refractivity contribution is 0.280. The average Bonchev–Trinajstić information content (AvgIpc) is 2.14. The molecular formula is C12H20O. The van der Waals surface area contributed by atoms with Gasteiger partial charge in [0.1, 0.15) is 0 Å². The summed E-state index contributed by atoms with van der Waals surface area (Å²) in [5.74, 6) is 0.980. The van der Waals surface area contributed by atoms with Gasteiger partial charge in [0.25, 0.3) is 0 Å². The molecule has 0 saturated carbocycles. The fraction of sp³-hybridized carbons (Fsp3) is 0.500. The lowest BCUT2D eigenvalue weighted by Gasteiger charge is -2.05. The molecule has 0 aliphatic rings. The molecule has 0 fully saturated rings.